The summed E-state index contributed by atoms with van der Waals surface area (Å²) in [6.07, 6.45) is 3.46. The number of aromatic nitrogens is 1. The first-order valence-corrected chi connectivity index (χ1v) is 5.10. The average molecular weight is 252 g/mol. The zero-order valence-electron chi connectivity index (χ0n) is 8.60. The van der Waals surface area contributed by atoms with Crippen LogP contribution in [-0.2, 0) is 6.54 Å². The maximum atomic E-state index is 13.0. The molecule has 17 heavy (non-hydrogen) atoms. The smallest absolute Gasteiger partial charge is 0.184 e. The molecule has 0 saturated carbocycles. The van der Waals surface area contributed by atoms with E-state index in [0.29, 0.717) is 11.4 Å². The third kappa shape index (κ3) is 2.55. The van der Waals surface area contributed by atoms with Gasteiger partial charge < -0.3 is 4.52 Å². The van der Waals surface area contributed by atoms with Crippen LogP contribution in [0.4, 0.5) is 10.1 Å². The Kier molecular flexibility index (Phi) is 3.26. The van der Waals surface area contributed by atoms with Gasteiger partial charge in [0.1, 0.15) is 5.82 Å². The van der Waals surface area contributed by atoms with Crippen molar-refractivity contribution in [2.75, 3.05) is 4.90 Å². The second-order valence-corrected chi connectivity index (χ2v) is 3.67. The van der Waals surface area contributed by atoms with Crippen molar-refractivity contribution in [3.8, 4) is 6.19 Å². The van der Waals surface area contributed by atoms with Gasteiger partial charge in [-0.3, -0.25) is 4.90 Å². The SMILES string of the molecule is N#CN(Cc1ccno1)c1ccc(F)c(Cl)c1. The van der Waals surface area contributed by atoms with Crippen molar-refractivity contribution in [1.82, 2.24) is 5.16 Å². The fourth-order valence-electron chi connectivity index (χ4n) is 1.32. The summed E-state index contributed by atoms with van der Waals surface area (Å²) >= 11 is 5.65. The van der Waals surface area contributed by atoms with Crippen LogP contribution in [0.1, 0.15) is 5.76 Å². The van der Waals surface area contributed by atoms with Crippen LogP contribution in [0.25, 0.3) is 0 Å². The number of anilines is 1. The standard InChI is InChI=1S/C11H7ClFN3O/c12-10-5-8(1-2-11(10)13)16(7-14)6-9-3-4-15-17-9/h1-5H,6H2. The fourth-order valence-corrected chi connectivity index (χ4v) is 1.49. The average Bonchev–Trinajstić information content (AvgIpc) is 2.82. The van der Waals surface area contributed by atoms with Crippen molar-refractivity contribution in [2.24, 2.45) is 0 Å². The van der Waals surface area contributed by atoms with Gasteiger partial charge in [-0.1, -0.05) is 16.8 Å². The third-order valence-corrected chi connectivity index (χ3v) is 2.43. The Morgan fingerprint density at radius 3 is 2.88 bits per heavy atom. The molecule has 0 atom stereocenters. The number of rotatable bonds is 3. The van der Waals surface area contributed by atoms with Crippen molar-refractivity contribution < 1.29 is 8.91 Å². The molecule has 2 rings (SSSR count). The first-order valence-electron chi connectivity index (χ1n) is 4.72. The highest BCUT2D eigenvalue weighted by atomic mass is 35.5. The van der Waals surface area contributed by atoms with Gasteiger partial charge in [0.25, 0.3) is 0 Å². The van der Waals surface area contributed by atoms with E-state index >= 15 is 0 Å². The zero-order valence-corrected chi connectivity index (χ0v) is 9.36. The van der Waals surface area contributed by atoms with Crippen LogP contribution in [0.15, 0.2) is 35.0 Å². The molecule has 1 heterocycles. The molecule has 0 fully saturated rings. The molecule has 0 aliphatic carbocycles. The van der Waals surface area contributed by atoms with E-state index in [2.05, 4.69) is 5.16 Å². The van der Waals surface area contributed by atoms with E-state index in [1.54, 1.807) is 6.07 Å². The molecule has 1 aromatic heterocycles. The Hall–Kier alpha value is -2.06. The lowest BCUT2D eigenvalue weighted by Gasteiger charge is -2.13. The number of nitriles is 1. The molecule has 0 bridgehead atoms. The van der Waals surface area contributed by atoms with Gasteiger partial charge >= 0.3 is 0 Å². The summed E-state index contributed by atoms with van der Waals surface area (Å²) in [7, 11) is 0. The molecule has 0 unspecified atom stereocenters. The Balaban J connectivity index is 2.24. The molecule has 4 nitrogen and oxygen atoms in total. The minimum Gasteiger partial charge on any atom is -0.359 e. The second-order valence-electron chi connectivity index (χ2n) is 3.26. The van der Waals surface area contributed by atoms with Crippen molar-refractivity contribution in [2.45, 2.75) is 6.54 Å². The lowest BCUT2D eigenvalue weighted by atomic mass is 10.3. The summed E-state index contributed by atoms with van der Waals surface area (Å²) in [5, 5.41) is 12.5. The molecular formula is C11H7ClFN3O. The number of benzene rings is 1. The Labute approximate surface area is 102 Å². The van der Waals surface area contributed by atoms with Gasteiger partial charge in [0, 0.05) is 6.07 Å². The highest BCUT2D eigenvalue weighted by Crippen LogP contribution is 2.23. The molecule has 86 valence electrons. The van der Waals surface area contributed by atoms with E-state index in [-0.39, 0.29) is 11.6 Å². The molecule has 0 radical (unpaired) electrons. The van der Waals surface area contributed by atoms with Crippen LogP contribution in [-0.4, -0.2) is 5.16 Å². The Morgan fingerprint density at radius 2 is 2.29 bits per heavy atom. The lowest BCUT2D eigenvalue weighted by Crippen LogP contribution is -2.15. The van der Waals surface area contributed by atoms with Crippen LogP contribution in [0.3, 0.4) is 0 Å². The van der Waals surface area contributed by atoms with E-state index in [4.69, 9.17) is 21.4 Å². The fraction of sp³-hybridized carbons (Fsp3) is 0.0909. The van der Waals surface area contributed by atoms with Gasteiger partial charge in [-0.15, -0.1) is 0 Å². The molecule has 6 heteroatoms. The van der Waals surface area contributed by atoms with Crippen molar-refractivity contribution in [3.63, 3.8) is 0 Å². The first kappa shape index (κ1) is 11.4. The van der Waals surface area contributed by atoms with Crippen LogP contribution in [0.5, 0.6) is 0 Å². The van der Waals surface area contributed by atoms with Crippen LogP contribution in [0, 0.1) is 17.3 Å². The molecule has 0 saturated heterocycles. The lowest BCUT2D eigenvalue weighted by molar-refractivity contribution is 0.384. The van der Waals surface area contributed by atoms with Gasteiger partial charge in [-0.25, -0.2) is 4.39 Å². The largest absolute Gasteiger partial charge is 0.359 e. The van der Waals surface area contributed by atoms with Crippen molar-refractivity contribution >= 4 is 17.3 Å². The molecule has 2 aromatic rings. The van der Waals surface area contributed by atoms with Gasteiger partial charge in [-0.2, -0.15) is 5.26 Å². The van der Waals surface area contributed by atoms with E-state index in [1.165, 1.54) is 29.3 Å². The van der Waals surface area contributed by atoms with E-state index in [9.17, 15) is 4.39 Å². The summed E-state index contributed by atoms with van der Waals surface area (Å²) in [4.78, 5) is 1.33. The summed E-state index contributed by atoms with van der Waals surface area (Å²) in [6.45, 7) is 0.221. The summed E-state index contributed by atoms with van der Waals surface area (Å²) in [5.74, 6) is 0.0139. The Bertz CT molecular complexity index is 550. The van der Waals surface area contributed by atoms with Crippen molar-refractivity contribution in [3.05, 3.63) is 47.1 Å². The van der Waals surface area contributed by atoms with Crippen LogP contribution < -0.4 is 4.90 Å². The molecule has 0 N–H and O–H groups in total. The van der Waals surface area contributed by atoms with E-state index in [1.807, 2.05) is 6.19 Å². The molecular weight excluding hydrogens is 245 g/mol. The molecule has 0 aliphatic rings. The van der Waals surface area contributed by atoms with E-state index < -0.39 is 5.82 Å². The summed E-state index contributed by atoms with van der Waals surface area (Å²) in [6, 6.07) is 5.72. The first-order chi connectivity index (χ1) is 8.20. The van der Waals surface area contributed by atoms with Gasteiger partial charge in [0.2, 0.25) is 0 Å². The quantitative estimate of drug-likeness (QED) is 0.622. The predicted molar refractivity (Wildman–Crippen MR) is 59.7 cm³/mol. The highest BCUT2D eigenvalue weighted by molar-refractivity contribution is 6.31. The molecule has 1 aromatic carbocycles. The van der Waals surface area contributed by atoms with Gasteiger partial charge in [0.05, 0.1) is 23.5 Å². The predicted octanol–water partition coefficient (Wildman–Crippen LogP) is 2.95. The normalized spacial score (nSPS) is 9.94. The van der Waals surface area contributed by atoms with E-state index in [0.717, 1.165) is 0 Å². The topological polar surface area (TPSA) is 53.1 Å². The zero-order chi connectivity index (χ0) is 12.3. The van der Waals surface area contributed by atoms with Crippen molar-refractivity contribution in [1.29, 1.82) is 5.26 Å². The highest BCUT2D eigenvalue weighted by Gasteiger charge is 2.11. The summed E-state index contributed by atoms with van der Waals surface area (Å²) in [5.41, 5.74) is 0.496. The Morgan fingerprint density at radius 1 is 1.47 bits per heavy atom. The number of hydrogen-bond acceptors (Lipinski definition) is 4. The molecule has 0 spiro atoms. The van der Waals surface area contributed by atoms with Crippen LogP contribution >= 0.6 is 11.6 Å². The van der Waals surface area contributed by atoms with Crippen LogP contribution in [0.2, 0.25) is 5.02 Å². The maximum absolute atomic E-state index is 13.0. The molecule has 0 aliphatic heterocycles. The van der Waals surface area contributed by atoms with Gasteiger partial charge in [-0.05, 0) is 18.2 Å². The monoisotopic (exact) mass is 251 g/mol. The minimum absolute atomic E-state index is 0.0275. The summed E-state index contributed by atoms with van der Waals surface area (Å²) < 4.78 is 17.9. The third-order valence-electron chi connectivity index (χ3n) is 2.14. The molecule has 0 amide bonds. The number of halogens is 2. The maximum Gasteiger partial charge on any atom is 0.184 e. The van der Waals surface area contributed by atoms with Gasteiger partial charge in [0.15, 0.2) is 12.0 Å². The second kappa shape index (κ2) is 4.85. The number of hydrogen-bond donors (Lipinski definition) is 0. The number of nitrogens with zero attached hydrogens (tertiary/aromatic N) is 3. The minimum atomic E-state index is -0.520.